The predicted octanol–water partition coefficient (Wildman–Crippen LogP) is 1.22. The predicted molar refractivity (Wildman–Crippen MR) is 54.8 cm³/mol. The first kappa shape index (κ1) is 8.71. The Morgan fingerprint density at radius 3 is 3.33 bits per heavy atom. The largest absolute Gasteiger partial charge is 0.474 e. The van der Waals surface area contributed by atoms with E-state index < -0.39 is 0 Å². The Hall–Kier alpha value is -1.58. The van der Waals surface area contributed by atoms with Crippen LogP contribution in [0.2, 0.25) is 0 Å². The van der Waals surface area contributed by atoms with E-state index in [0.717, 1.165) is 12.1 Å². The van der Waals surface area contributed by atoms with Crippen LogP contribution in [0.4, 0.5) is 5.69 Å². The van der Waals surface area contributed by atoms with Crippen molar-refractivity contribution in [3.05, 3.63) is 18.3 Å². The van der Waals surface area contributed by atoms with Crippen molar-refractivity contribution in [3.63, 3.8) is 0 Å². The fourth-order valence-electron chi connectivity index (χ4n) is 2.34. The van der Waals surface area contributed by atoms with Crippen molar-refractivity contribution < 1.29 is 9.53 Å². The lowest BCUT2D eigenvalue weighted by atomic mass is 10.1. The minimum absolute atomic E-state index is 0.102. The van der Waals surface area contributed by atoms with Crippen LogP contribution in [-0.4, -0.2) is 23.5 Å². The SMILES string of the molecule is CC1CC2COc3ncccc3N2C1=O. The first-order chi connectivity index (χ1) is 7.27. The van der Waals surface area contributed by atoms with Gasteiger partial charge in [0, 0.05) is 12.1 Å². The zero-order valence-corrected chi connectivity index (χ0v) is 8.51. The topological polar surface area (TPSA) is 42.4 Å². The van der Waals surface area contributed by atoms with E-state index in [1.165, 1.54) is 0 Å². The van der Waals surface area contributed by atoms with E-state index in [0.29, 0.717) is 12.5 Å². The smallest absolute Gasteiger partial charge is 0.238 e. The summed E-state index contributed by atoms with van der Waals surface area (Å²) in [5, 5.41) is 0. The van der Waals surface area contributed by atoms with Crippen molar-refractivity contribution in [1.82, 2.24) is 4.98 Å². The molecule has 2 unspecified atom stereocenters. The first-order valence-corrected chi connectivity index (χ1v) is 5.18. The van der Waals surface area contributed by atoms with Crippen LogP contribution in [0.25, 0.3) is 0 Å². The third-order valence-electron chi connectivity index (χ3n) is 3.07. The maximum atomic E-state index is 11.9. The summed E-state index contributed by atoms with van der Waals surface area (Å²) in [4.78, 5) is 17.9. The van der Waals surface area contributed by atoms with Gasteiger partial charge in [-0.25, -0.2) is 4.98 Å². The van der Waals surface area contributed by atoms with Gasteiger partial charge in [-0.2, -0.15) is 0 Å². The van der Waals surface area contributed by atoms with E-state index in [9.17, 15) is 4.79 Å². The third-order valence-corrected chi connectivity index (χ3v) is 3.07. The normalized spacial score (nSPS) is 28.3. The first-order valence-electron chi connectivity index (χ1n) is 5.18. The van der Waals surface area contributed by atoms with Crippen LogP contribution >= 0.6 is 0 Å². The summed E-state index contributed by atoms with van der Waals surface area (Å²) in [5.74, 6) is 0.874. The molecule has 3 rings (SSSR count). The van der Waals surface area contributed by atoms with Crippen molar-refractivity contribution in [1.29, 1.82) is 0 Å². The maximum Gasteiger partial charge on any atom is 0.238 e. The van der Waals surface area contributed by atoms with Gasteiger partial charge in [0.2, 0.25) is 11.8 Å². The molecule has 2 aliphatic heterocycles. The Balaban J connectivity index is 2.08. The van der Waals surface area contributed by atoms with Crippen molar-refractivity contribution in [3.8, 4) is 5.88 Å². The summed E-state index contributed by atoms with van der Waals surface area (Å²) in [5.41, 5.74) is 0.822. The van der Waals surface area contributed by atoms with Gasteiger partial charge >= 0.3 is 0 Å². The molecule has 0 aliphatic carbocycles. The highest BCUT2D eigenvalue weighted by Crippen LogP contribution is 2.38. The lowest BCUT2D eigenvalue weighted by Gasteiger charge is -2.30. The number of anilines is 1. The Morgan fingerprint density at radius 2 is 2.47 bits per heavy atom. The van der Waals surface area contributed by atoms with Crippen molar-refractivity contribution in [2.24, 2.45) is 5.92 Å². The molecule has 2 aliphatic rings. The second-order valence-electron chi connectivity index (χ2n) is 4.14. The molecule has 0 aromatic carbocycles. The molecule has 1 aromatic rings. The quantitative estimate of drug-likeness (QED) is 0.638. The molecule has 1 fully saturated rings. The molecule has 4 heteroatoms. The molecular weight excluding hydrogens is 192 g/mol. The van der Waals surface area contributed by atoms with Crippen LogP contribution in [0.1, 0.15) is 13.3 Å². The van der Waals surface area contributed by atoms with Crippen molar-refractivity contribution in [2.45, 2.75) is 19.4 Å². The molecule has 15 heavy (non-hydrogen) atoms. The monoisotopic (exact) mass is 204 g/mol. The second kappa shape index (κ2) is 2.95. The number of amides is 1. The Morgan fingerprint density at radius 1 is 1.60 bits per heavy atom. The zero-order valence-electron chi connectivity index (χ0n) is 8.51. The van der Waals surface area contributed by atoms with E-state index in [4.69, 9.17) is 4.74 Å². The number of fused-ring (bicyclic) bond motifs is 3. The molecule has 3 heterocycles. The van der Waals surface area contributed by atoms with Crippen molar-refractivity contribution in [2.75, 3.05) is 11.5 Å². The minimum Gasteiger partial charge on any atom is -0.474 e. The number of rotatable bonds is 0. The molecule has 0 saturated carbocycles. The lowest BCUT2D eigenvalue weighted by Crippen LogP contribution is -2.41. The van der Waals surface area contributed by atoms with E-state index in [-0.39, 0.29) is 17.9 Å². The van der Waals surface area contributed by atoms with E-state index in [2.05, 4.69) is 4.98 Å². The van der Waals surface area contributed by atoms with Gasteiger partial charge in [-0.1, -0.05) is 6.92 Å². The number of hydrogen-bond acceptors (Lipinski definition) is 3. The van der Waals surface area contributed by atoms with Crippen molar-refractivity contribution >= 4 is 11.6 Å². The molecule has 2 atom stereocenters. The second-order valence-corrected chi connectivity index (χ2v) is 4.14. The van der Waals surface area contributed by atoms with Crippen LogP contribution in [-0.2, 0) is 4.79 Å². The van der Waals surface area contributed by atoms with Crippen LogP contribution < -0.4 is 9.64 Å². The molecule has 78 valence electrons. The summed E-state index contributed by atoms with van der Waals surface area (Å²) in [6, 6.07) is 3.93. The number of nitrogens with zero attached hydrogens (tertiary/aromatic N) is 2. The molecule has 0 spiro atoms. The fraction of sp³-hybridized carbons (Fsp3) is 0.455. The summed E-state index contributed by atoms with van der Waals surface area (Å²) >= 11 is 0. The standard InChI is InChI=1S/C11H12N2O2/c1-7-5-8-6-15-10-9(3-2-4-12-10)13(8)11(7)14/h2-4,7-8H,5-6H2,1H3. The Bertz CT molecular complexity index is 419. The van der Waals surface area contributed by atoms with E-state index in [1.54, 1.807) is 6.20 Å². The highest BCUT2D eigenvalue weighted by Gasteiger charge is 2.42. The van der Waals surface area contributed by atoms with Crippen LogP contribution in [0.3, 0.4) is 0 Å². The van der Waals surface area contributed by atoms with Crippen LogP contribution in [0.5, 0.6) is 5.88 Å². The van der Waals surface area contributed by atoms with Crippen LogP contribution in [0, 0.1) is 5.92 Å². The van der Waals surface area contributed by atoms with E-state index >= 15 is 0 Å². The molecular formula is C11H12N2O2. The van der Waals surface area contributed by atoms with Gasteiger partial charge in [0.05, 0.1) is 6.04 Å². The minimum atomic E-state index is 0.102. The molecule has 1 aromatic heterocycles. The molecule has 4 nitrogen and oxygen atoms in total. The molecule has 0 radical (unpaired) electrons. The molecule has 1 saturated heterocycles. The third kappa shape index (κ3) is 1.14. The van der Waals surface area contributed by atoms with Gasteiger partial charge in [0.1, 0.15) is 12.3 Å². The summed E-state index contributed by atoms with van der Waals surface area (Å²) in [6.45, 7) is 2.54. The highest BCUT2D eigenvalue weighted by atomic mass is 16.5. The number of carbonyl (C=O) groups is 1. The number of pyridine rings is 1. The van der Waals surface area contributed by atoms with Gasteiger partial charge < -0.3 is 9.64 Å². The summed E-state index contributed by atoms with van der Waals surface area (Å²) in [6.07, 6.45) is 2.57. The molecule has 0 N–H and O–H groups in total. The van der Waals surface area contributed by atoms with Gasteiger partial charge in [-0.15, -0.1) is 0 Å². The average molecular weight is 204 g/mol. The molecule has 0 bridgehead atoms. The zero-order chi connectivity index (χ0) is 10.4. The van der Waals surface area contributed by atoms with E-state index in [1.807, 2.05) is 24.0 Å². The Labute approximate surface area is 87.9 Å². The summed E-state index contributed by atoms with van der Waals surface area (Å²) in [7, 11) is 0. The number of aromatic nitrogens is 1. The number of hydrogen-bond donors (Lipinski definition) is 0. The van der Waals surface area contributed by atoms with Crippen LogP contribution in [0.15, 0.2) is 18.3 Å². The number of carbonyl (C=O) groups excluding carboxylic acids is 1. The van der Waals surface area contributed by atoms with Gasteiger partial charge in [-0.3, -0.25) is 4.79 Å². The Kier molecular flexibility index (Phi) is 1.71. The lowest BCUT2D eigenvalue weighted by molar-refractivity contribution is -0.120. The summed E-state index contributed by atoms with van der Waals surface area (Å²) < 4.78 is 5.53. The van der Waals surface area contributed by atoms with Gasteiger partial charge in [0.15, 0.2) is 0 Å². The van der Waals surface area contributed by atoms with Gasteiger partial charge in [0.25, 0.3) is 0 Å². The number of ether oxygens (including phenoxy) is 1. The highest BCUT2D eigenvalue weighted by molar-refractivity contribution is 5.99. The maximum absolute atomic E-state index is 11.9. The van der Waals surface area contributed by atoms with Gasteiger partial charge in [-0.05, 0) is 18.6 Å². The molecule has 1 amide bonds. The average Bonchev–Trinajstić information content (AvgIpc) is 2.55. The fourth-order valence-corrected chi connectivity index (χ4v) is 2.34.